The number of rotatable bonds is 4. The van der Waals surface area contributed by atoms with Crippen LogP contribution in [0.25, 0.3) is 0 Å². The summed E-state index contributed by atoms with van der Waals surface area (Å²) >= 11 is 1.23. The average molecular weight is 294 g/mol. The van der Waals surface area contributed by atoms with E-state index < -0.39 is 11.6 Å². The second-order valence-corrected chi connectivity index (χ2v) is 5.05. The van der Waals surface area contributed by atoms with Crippen LogP contribution in [0, 0.1) is 11.6 Å². The molecule has 2 aromatic carbocycles. The molecule has 20 heavy (non-hydrogen) atoms. The minimum absolute atomic E-state index is 0.361. The molecule has 0 aliphatic rings. The lowest BCUT2D eigenvalue weighted by Gasteiger charge is -2.05. The van der Waals surface area contributed by atoms with Crippen LogP contribution in [0.3, 0.4) is 0 Å². The summed E-state index contributed by atoms with van der Waals surface area (Å²) < 4.78 is 26.3. The SMILES string of the molecule is NNC(=O)c1cccc(CSc2ccc(F)cc2F)c1. The number of nitrogen functional groups attached to an aromatic ring is 1. The third kappa shape index (κ3) is 3.55. The Kier molecular flexibility index (Phi) is 4.70. The van der Waals surface area contributed by atoms with E-state index in [0.717, 1.165) is 11.6 Å². The Morgan fingerprint density at radius 3 is 2.70 bits per heavy atom. The molecule has 1 amide bonds. The first-order valence-electron chi connectivity index (χ1n) is 5.78. The molecule has 0 unspecified atom stereocenters. The minimum atomic E-state index is -0.603. The normalized spacial score (nSPS) is 10.3. The Bertz CT molecular complexity index is 634. The van der Waals surface area contributed by atoms with E-state index in [1.807, 2.05) is 6.07 Å². The number of hydrazine groups is 1. The van der Waals surface area contributed by atoms with E-state index >= 15 is 0 Å². The van der Waals surface area contributed by atoms with Crippen molar-refractivity contribution in [1.82, 2.24) is 5.43 Å². The fourth-order valence-electron chi connectivity index (χ4n) is 1.64. The van der Waals surface area contributed by atoms with Gasteiger partial charge in [-0.2, -0.15) is 0 Å². The van der Waals surface area contributed by atoms with Gasteiger partial charge in [-0.05, 0) is 29.8 Å². The van der Waals surface area contributed by atoms with E-state index in [1.165, 1.54) is 23.9 Å². The number of nitrogens with one attached hydrogen (secondary N) is 1. The second-order valence-electron chi connectivity index (χ2n) is 4.04. The number of carbonyl (C=O) groups excluding carboxylic acids is 1. The first-order valence-corrected chi connectivity index (χ1v) is 6.76. The van der Waals surface area contributed by atoms with Gasteiger partial charge in [-0.25, -0.2) is 14.6 Å². The molecule has 0 bridgehead atoms. The van der Waals surface area contributed by atoms with Gasteiger partial charge in [0.05, 0.1) is 0 Å². The second kappa shape index (κ2) is 6.49. The number of hydrogen-bond donors (Lipinski definition) is 2. The number of nitrogens with two attached hydrogens (primary N) is 1. The van der Waals surface area contributed by atoms with Crippen LogP contribution in [0.15, 0.2) is 47.4 Å². The summed E-state index contributed by atoms with van der Waals surface area (Å²) in [5.41, 5.74) is 3.33. The van der Waals surface area contributed by atoms with Crippen molar-refractivity contribution >= 4 is 17.7 Å². The zero-order valence-electron chi connectivity index (χ0n) is 10.4. The van der Waals surface area contributed by atoms with Crippen LogP contribution < -0.4 is 11.3 Å². The third-order valence-electron chi connectivity index (χ3n) is 2.61. The number of hydrogen-bond acceptors (Lipinski definition) is 3. The largest absolute Gasteiger partial charge is 0.290 e. The van der Waals surface area contributed by atoms with E-state index in [9.17, 15) is 13.6 Å². The molecule has 0 aliphatic carbocycles. The van der Waals surface area contributed by atoms with E-state index in [1.54, 1.807) is 18.2 Å². The quantitative estimate of drug-likeness (QED) is 0.394. The maximum atomic E-state index is 13.5. The van der Waals surface area contributed by atoms with Crippen LogP contribution >= 0.6 is 11.8 Å². The van der Waals surface area contributed by atoms with E-state index in [2.05, 4.69) is 5.43 Å². The minimum Gasteiger partial charge on any atom is -0.290 e. The maximum absolute atomic E-state index is 13.5. The van der Waals surface area contributed by atoms with E-state index in [4.69, 9.17) is 5.84 Å². The van der Waals surface area contributed by atoms with Gasteiger partial charge in [-0.15, -0.1) is 11.8 Å². The standard InChI is InChI=1S/C14H12F2N2OS/c15-11-4-5-13(12(16)7-11)20-8-9-2-1-3-10(6-9)14(19)18-17/h1-7H,8,17H2,(H,18,19). The number of thioether (sulfide) groups is 1. The predicted octanol–water partition coefficient (Wildman–Crippen LogP) is 2.86. The van der Waals surface area contributed by atoms with Crippen LogP contribution in [0.2, 0.25) is 0 Å². The zero-order valence-corrected chi connectivity index (χ0v) is 11.2. The first kappa shape index (κ1) is 14.5. The molecule has 0 fully saturated rings. The van der Waals surface area contributed by atoms with Gasteiger partial charge in [0.25, 0.3) is 5.91 Å². The van der Waals surface area contributed by atoms with Gasteiger partial charge in [-0.3, -0.25) is 10.2 Å². The van der Waals surface area contributed by atoms with Crippen molar-refractivity contribution < 1.29 is 13.6 Å². The Labute approximate surface area is 119 Å². The van der Waals surface area contributed by atoms with Crippen molar-refractivity contribution in [2.24, 2.45) is 5.84 Å². The van der Waals surface area contributed by atoms with E-state index in [0.29, 0.717) is 16.2 Å². The van der Waals surface area contributed by atoms with Gasteiger partial charge in [0.2, 0.25) is 0 Å². The van der Waals surface area contributed by atoms with Crippen molar-refractivity contribution in [3.63, 3.8) is 0 Å². The summed E-state index contributed by atoms with van der Waals surface area (Å²) in [6, 6.07) is 10.3. The molecule has 2 rings (SSSR count). The van der Waals surface area contributed by atoms with Crippen LogP contribution in [-0.4, -0.2) is 5.91 Å². The molecule has 0 atom stereocenters. The molecule has 0 saturated carbocycles. The molecule has 0 radical (unpaired) electrons. The molecule has 0 heterocycles. The molecule has 0 spiro atoms. The highest BCUT2D eigenvalue weighted by Crippen LogP contribution is 2.26. The van der Waals surface area contributed by atoms with Gasteiger partial charge in [0.15, 0.2) is 0 Å². The van der Waals surface area contributed by atoms with Crippen LogP contribution in [-0.2, 0) is 5.75 Å². The summed E-state index contributed by atoms with van der Waals surface area (Å²) in [5, 5.41) is 0. The average Bonchev–Trinajstić information content (AvgIpc) is 2.46. The molecule has 6 heteroatoms. The fourth-order valence-corrected chi connectivity index (χ4v) is 2.50. The van der Waals surface area contributed by atoms with Crippen molar-refractivity contribution in [2.45, 2.75) is 10.6 Å². The van der Waals surface area contributed by atoms with Crippen LogP contribution in [0.1, 0.15) is 15.9 Å². The van der Waals surface area contributed by atoms with Gasteiger partial charge >= 0.3 is 0 Å². The Hall–Kier alpha value is -1.92. The van der Waals surface area contributed by atoms with Gasteiger partial charge < -0.3 is 0 Å². The summed E-state index contributed by atoms with van der Waals surface area (Å²) in [5.74, 6) is 3.95. The van der Waals surface area contributed by atoms with Crippen LogP contribution in [0.5, 0.6) is 0 Å². The number of carbonyl (C=O) groups is 1. The third-order valence-corrected chi connectivity index (χ3v) is 3.73. The molecule has 3 nitrogen and oxygen atoms in total. The summed E-state index contributed by atoms with van der Waals surface area (Å²) in [4.78, 5) is 11.7. The van der Waals surface area contributed by atoms with Crippen molar-refractivity contribution in [3.05, 3.63) is 65.2 Å². The molecule has 0 aromatic heterocycles. The Morgan fingerprint density at radius 2 is 2.00 bits per heavy atom. The lowest BCUT2D eigenvalue weighted by molar-refractivity contribution is 0.0953. The number of halogens is 2. The molecule has 2 aromatic rings. The first-order chi connectivity index (χ1) is 9.60. The number of benzene rings is 2. The highest BCUT2D eigenvalue weighted by atomic mass is 32.2. The van der Waals surface area contributed by atoms with Gasteiger partial charge in [0, 0.05) is 22.3 Å². The fraction of sp³-hybridized carbons (Fsp3) is 0.0714. The smallest absolute Gasteiger partial charge is 0.265 e. The molecule has 0 aliphatic heterocycles. The summed E-state index contributed by atoms with van der Waals surface area (Å²) in [7, 11) is 0. The predicted molar refractivity (Wildman–Crippen MR) is 74.0 cm³/mol. The lowest BCUT2D eigenvalue weighted by Crippen LogP contribution is -2.29. The van der Waals surface area contributed by atoms with E-state index in [-0.39, 0.29) is 5.91 Å². The monoisotopic (exact) mass is 294 g/mol. The Balaban J connectivity index is 2.09. The van der Waals surface area contributed by atoms with Gasteiger partial charge in [-0.1, -0.05) is 12.1 Å². The van der Waals surface area contributed by atoms with Gasteiger partial charge in [0.1, 0.15) is 11.6 Å². The van der Waals surface area contributed by atoms with Crippen molar-refractivity contribution in [1.29, 1.82) is 0 Å². The van der Waals surface area contributed by atoms with Crippen molar-refractivity contribution in [2.75, 3.05) is 0 Å². The lowest BCUT2D eigenvalue weighted by atomic mass is 10.1. The maximum Gasteiger partial charge on any atom is 0.265 e. The Morgan fingerprint density at radius 1 is 1.20 bits per heavy atom. The van der Waals surface area contributed by atoms with Crippen molar-refractivity contribution in [3.8, 4) is 0 Å². The summed E-state index contributed by atoms with van der Waals surface area (Å²) in [6.07, 6.45) is 0. The topological polar surface area (TPSA) is 55.1 Å². The van der Waals surface area contributed by atoms with Crippen LogP contribution in [0.4, 0.5) is 8.78 Å². The molecule has 0 saturated heterocycles. The molecule has 3 N–H and O–H groups in total. The zero-order chi connectivity index (χ0) is 14.5. The highest BCUT2D eigenvalue weighted by Gasteiger charge is 2.07. The molecular weight excluding hydrogens is 282 g/mol. The molecule has 104 valence electrons. The molecular formula is C14H12F2N2OS. The summed E-state index contributed by atoms with van der Waals surface area (Å²) in [6.45, 7) is 0. The number of amides is 1. The highest BCUT2D eigenvalue weighted by molar-refractivity contribution is 7.98.